The number of amides is 1. The largest absolute Gasteiger partial charge is 0.481 e. The summed E-state index contributed by atoms with van der Waals surface area (Å²) in [5.41, 5.74) is 3.60. The fraction of sp³-hybridized carbons (Fsp3) is 0.500. The van der Waals surface area contributed by atoms with Gasteiger partial charge in [0.2, 0.25) is 11.8 Å². The second-order valence-electron chi connectivity index (χ2n) is 6.65. The van der Waals surface area contributed by atoms with Crippen LogP contribution in [-0.2, 0) is 11.2 Å². The molecule has 2 heterocycles. The van der Waals surface area contributed by atoms with Crippen LogP contribution >= 0.6 is 0 Å². The molecular formula is C18H24N4O3. The second kappa shape index (κ2) is 7.23. The van der Waals surface area contributed by atoms with Gasteiger partial charge in [0.25, 0.3) is 0 Å². The van der Waals surface area contributed by atoms with E-state index >= 15 is 0 Å². The molecule has 1 amide bonds. The topological polar surface area (TPSA) is 100 Å². The number of aryl methyl sites for hydroxylation is 2. The van der Waals surface area contributed by atoms with Crippen molar-refractivity contribution in [3.05, 3.63) is 40.8 Å². The van der Waals surface area contributed by atoms with Gasteiger partial charge in [0.1, 0.15) is 0 Å². The summed E-state index contributed by atoms with van der Waals surface area (Å²) in [6, 6.07) is 3.53. The van der Waals surface area contributed by atoms with Crippen molar-refractivity contribution < 1.29 is 14.6 Å². The smallest absolute Gasteiger partial charge is 0.225 e. The summed E-state index contributed by atoms with van der Waals surface area (Å²) in [7, 11) is 1.57. The van der Waals surface area contributed by atoms with Crippen molar-refractivity contribution in [3.63, 3.8) is 0 Å². The molecule has 25 heavy (non-hydrogen) atoms. The van der Waals surface area contributed by atoms with Gasteiger partial charge in [-0.1, -0.05) is 6.07 Å². The van der Waals surface area contributed by atoms with Crippen molar-refractivity contribution in [2.24, 2.45) is 5.92 Å². The first kappa shape index (κ1) is 17.4. The Morgan fingerprint density at radius 3 is 2.72 bits per heavy atom. The van der Waals surface area contributed by atoms with E-state index in [2.05, 4.69) is 20.5 Å². The van der Waals surface area contributed by atoms with Crippen LogP contribution in [0.25, 0.3) is 0 Å². The summed E-state index contributed by atoms with van der Waals surface area (Å²) in [5, 5.41) is 19.8. The summed E-state index contributed by atoms with van der Waals surface area (Å²) in [6.45, 7) is 3.80. The molecular weight excluding hydrogens is 320 g/mol. The highest BCUT2D eigenvalue weighted by Crippen LogP contribution is 2.38. The molecule has 1 saturated carbocycles. The predicted molar refractivity (Wildman–Crippen MR) is 92.2 cm³/mol. The maximum atomic E-state index is 12.6. The van der Waals surface area contributed by atoms with Crippen LogP contribution in [0.4, 0.5) is 0 Å². The van der Waals surface area contributed by atoms with Crippen molar-refractivity contribution >= 4 is 5.91 Å². The predicted octanol–water partition coefficient (Wildman–Crippen LogP) is 1.60. The van der Waals surface area contributed by atoms with E-state index in [0.717, 1.165) is 22.5 Å². The molecule has 1 fully saturated rings. The lowest BCUT2D eigenvalue weighted by molar-refractivity contribution is -0.122. The number of aromatic nitrogens is 3. The third kappa shape index (κ3) is 3.82. The number of nitrogens with zero attached hydrogens (tertiary/aromatic N) is 2. The molecule has 3 N–H and O–H groups in total. The molecule has 1 aliphatic carbocycles. The van der Waals surface area contributed by atoms with E-state index in [9.17, 15) is 9.90 Å². The number of carbonyl (C=O) groups excluding carboxylic acids is 1. The maximum Gasteiger partial charge on any atom is 0.225 e. The van der Waals surface area contributed by atoms with Crippen molar-refractivity contribution in [3.8, 4) is 5.88 Å². The number of pyridine rings is 1. The number of aromatic amines is 1. The molecule has 0 aromatic carbocycles. The lowest BCUT2D eigenvalue weighted by Gasteiger charge is -2.38. The molecule has 0 bridgehead atoms. The minimum Gasteiger partial charge on any atom is -0.481 e. The van der Waals surface area contributed by atoms with E-state index < -0.39 is 0 Å². The quantitative estimate of drug-likeness (QED) is 0.739. The van der Waals surface area contributed by atoms with Gasteiger partial charge in [-0.25, -0.2) is 4.98 Å². The highest BCUT2D eigenvalue weighted by atomic mass is 16.5. The van der Waals surface area contributed by atoms with Gasteiger partial charge in [-0.3, -0.25) is 9.89 Å². The Morgan fingerprint density at radius 2 is 2.20 bits per heavy atom. The van der Waals surface area contributed by atoms with Gasteiger partial charge in [-0.05, 0) is 38.2 Å². The third-order valence-corrected chi connectivity index (χ3v) is 4.88. The standard InChI is InChI=1S/C18H24N4O3/c1-10-15(11(2)22-21-10)8-16(24)20-18(13-6-14(23)7-13)12-4-5-17(25-3)19-9-12/h4-5,9,13-14,18,23H,6-8H2,1-3H3,(H,20,24)(H,21,22). The number of rotatable bonds is 6. The molecule has 1 unspecified atom stereocenters. The van der Waals surface area contributed by atoms with E-state index in [0.29, 0.717) is 18.7 Å². The Bertz CT molecular complexity index is 716. The van der Waals surface area contributed by atoms with E-state index in [-0.39, 0.29) is 30.4 Å². The summed E-state index contributed by atoms with van der Waals surface area (Å²) >= 11 is 0. The van der Waals surface area contributed by atoms with E-state index in [1.807, 2.05) is 19.9 Å². The van der Waals surface area contributed by atoms with Crippen LogP contribution in [0, 0.1) is 19.8 Å². The molecule has 3 rings (SSSR count). The van der Waals surface area contributed by atoms with E-state index in [1.54, 1.807) is 19.4 Å². The number of aliphatic hydroxyl groups excluding tert-OH is 1. The summed E-state index contributed by atoms with van der Waals surface area (Å²) in [6.07, 6.45) is 3.09. The first-order valence-corrected chi connectivity index (χ1v) is 8.45. The molecule has 0 spiro atoms. The Morgan fingerprint density at radius 1 is 1.44 bits per heavy atom. The van der Waals surface area contributed by atoms with Crippen molar-refractivity contribution in [1.82, 2.24) is 20.5 Å². The average molecular weight is 344 g/mol. The molecule has 2 aromatic rings. The zero-order valence-electron chi connectivity index (χ0n) is 14.7. The second-order valence-corrected chi connectivity index (χ2v) is 6.65. The lowest BCUT2D eigenvalue weighted by atomic mass is 9.75. The lowest BCUT2D eigenvalue weighted by Crippen LogP contribution is -2.42. The van der Waals surface area contributed by atoms with Gasteiger partial charge in [0.05, 0.1) is 31.4 Å². The molecule has 2 aromatic heterocycles. The Kier molecular flexibility index (Phi) is 5.03. The van der Waals surface area contributed by atoms with Crippen LogP contribution in [0.3, 0.4) is 0 Å². The normalized spacial score (nSPS) is 20.6. The Labute approximate surface area is 146 Å². The number of H-pyrrole nitrogens is 1. The first-order chi connectivity index (χ1) is 12.0. The Balaban J connectivity index is 1.74. The van der Waals surface area contributed by atoms with E-state index in [1.165, 1.54) is 0 Å². The zero-order chi connectivity index (χ0) is 18.0. The number of nitrogens with one attached hydrogen (secondary N) is 2. The maximum absolute atomic E-state index is 12.6. The Hall–Kier alpha value is -2.41. The number of hydrogen-bond donors (Lipinski definition) is 3. The average Bonchev–Trinajstić information content (AvgIpc) is 2.89. The number of carbonyl (C=O) groups is 1. The molecule has 0 aliphatic heterocycles. The van der Waals surface area contributed by atoms with Crippen LogP contribution in [0.5, 0.6) is 5.88 Å². The molecule has 0 radical (unpaired) electrons. The van der Waals surface area contributed by atoms with Gasteiger partial charge in [0, 0.05) is 23.5 Å². The van der Waals surface area contributed by atoms with Crippen LogP contribution in [-0.4, -0.2) is 39.4 Å². The minimum absolute atomic E-state index is 0.0604. The van der Waals surface area contributed by atoms with Crippen molar-refractivity contribution in [2.75, 3.05) is 7.11 Å². The van der Waals surface area contributed by atoms with Gasteiger partial charge in [-0.15, -0.1) is 0 Å². The zero-order valence-corrected chi connectivity index (χ0v) is 14.7. The molecule has 7 heteroatoms. The van der Waals surface area contributed by atoms with Gasteiger partial charge < -0.3 is 15.2 Å². The number of ether oxygens (including phenoxy) is 1. The third-order valence-electron chi connectivity index (χ3n) is 4.88. The highest BCUT2D eigenvalue weighted by Gasteiger charge is 2.36. The monoisotopic (exact) mass is 344 g/mol. The molecule has 134 valence electrons. The number of aliphatic hydroxyl groups is 1. The summed E-state index contributed by atoms with van der Waals surface area (Å²) in [5.74, 6) is 0.683. The van der Waals surface area contributed by atoms with Crippen molar-refractivity contribution in [1.29, 1.82) is 0 Å². The fourth-order valence-corrected chi connectivity index (χ4v) is 3.29. The minimum atomic E-state index is -0.283. The number of methoxy groups -OCH3 is 1. The molecule has 1 aliphatic rings. The van der Waals surface area contributed by atoms with E-state index in [4.69, 9.17) is 4.74 Å². The number of hydrogen-bond acceptors (Lipinski definition) is 5. The molecule has 1 atom stereocenters. The molecule has 0 saturated heterocycles. The van der Waals surface area contributed by atoms with Crippen LogP contribution in [0.1, 0.15) is 41.4 Å². The van der Waals surface area contributed by atoms with Crippen LogP contribution in [0.2, 0.25) is 0 Å². The fourth-order valence-electron chi connectivity index (χ4n) is 3.29. The summed E-state index contributed by atoms with van der Waals surface area (Å²) < 4.78 is 5.10. The molecule has 7 nitrogen and oxygen atoms in total. The van der Waals surface area contributed by atoms with Gasteiger partial charge >= 0.3 is 0 Å². The van der Waals surface area contributed by atoms with Crippen LogP contribution in [0.15, 0.2) is 18.3 Å². The first-order valence-electron chi connectivity index (χ1n) is 8.45. The summed E-state index contributed by atoms with van der Waals surface area (Å²) in [4.78, 5) is 16.8. The van der Waals surface area contributed by atoms with Crippen LogP contribution < -0.4 is 10.1 Å². The van der Waals surface area contributed by atoms with Crippen molar-refractivity contribution in [2.45, 2.75) is 45.3 Å². The highest BCUT2D eigenvalue weighted by molar-refractivity contribution is 5.79. The SMILES string of the molecule is COc1ccc(C(NC(=O)Cc2c(C)n[nH]c2C)C2CC(O)C2)cn1. The van der Waals surface area contributed by atoms with Gasteiger partial charge in [0.15, 0.2) is 0 Å². The van der Waals surface area contributed by atoms with Gasteiger partial charge in [-0.2, -0.15) is 5.10 Å².